The first kappa shape index (κ1) is 28.9. The number of nitro groups is 1. The topological polar surface area (TPSA) is 132 Å². The molecule has 2 aromatic carbocycles. The minimum absolute atomic E-state index is 0.0840. The number of carbonyl (C=O) groups is 2. The number of nitrogens with zero attached hydrogens (tertiary/aromatic N) is 2. The predicted molar refractivity (Wildman–Crippen MR) is 138 cm³/mol. The maximum Gasteiger partial charge on any atom is 0.311 e. The van der Waals surface area contributed by atoms with Crippen LogP contribution in [-0.2, 0) is 9.59 Å². The number of rotatable bonds is 12. The molecule has 2 rings (SSSR count). The molecule has 10 nitrogen and oxygen atoms in total. The monoisotopic (exact) mass is 538 g/mol. The van der Waals surface area contributed by atoms with E-state index >= 15 is 0 Å². The lowest BCUT2D eigenvalue weighted by Gasteiger charge is -2.22. The molecule has 2 N–H and O–H groups in total. The summed E-state index contributed by atoms with van der Waals surface area (Å²) in [5.41, 5.74) is 2.54. The Kier molecular flexibility index (Phi) is 10.9. The summed E-state index contributed by atoms with van der Waals surface area (Å²) in [7, 11) is 0. The summed E-state index contributed by atoms with van der Waals surface area (Å²) < 4.78 is 10.9. The van der Waals surface area contributed by atoms with E-state index in [0.29, 0.717) is 17.0 Å². The van der Waals surface area contributed by atoms with Crippen molar-refractivity contribution >= 4 is 46.9 Å². The van der Waals surface area contributed by atoms with Crippen molar-refractivity contribution in [2.75, 3.05) is 6.61 Å². The molecule has 0 radical (unpaired) electrons. The van der Waals surface area contributed by atoms with Gasteiger partial charge in [0.1, 0.15) is 11.8 Å². The van der Waals surface area contributed by atoms with Crippen LogP contribution < -0.4 is 20.2 Å². The van der Waals surface area contributed by atoms with Crippen molar-refractivity contribution in [3.8, 4) is 11.5 Å². The lowest BCUT2D eigenvalue weighted by Crippen LogP contribution is -2.49. The largest absolute Gasteiger partial charge is 0.487 e. The molecule has 2 amide bonds. The van der Waals surface area contributed by atoms with Gasteiger partial charge in [0.2, 0.25) is 0 Å². The average molecular weight is 539 g/mol. The van der Waals surface area contributed by atoms with Crippen molar-refractivity contribution in [3.05, 3.63) is 62.1 Å². The van der Waals surface area contributed by atoms with Gasteiger partial charge in [-0.3, -0.25) is 19.7 Å². The maximum absolute atomic E-state index is 12.7. The van der Waals surface area contributed by atoms with Crippen LogP contribution in [0.1, 0.15) is 39.7 Å². The van der Waals surface area contributed by atoms with Crippen molar-refractivity contribution in [2.24, 2.45) is 11.0 Å². The summed E-state index contributed by atoms with van der Waals surface area (Å²) in [6, 6.07) is 8.05. The highest BCUT2D eigenvalue weighted by molar-refractivity contribution is 6.35. The second-order valence-corrected chi connectivity index (χ2v) is 9.02. The normalized spacial score (nSPS) is 12.8. The van der Waals surface area contributed by atoms with Gasteiger partial charge in [-0.2, -0.15) is 5.10 Å². The van der Waals surface area contributed by atoms with Crippen molar-refractivity contribution in [1.82, 2.24) is 10.7 Å². The molecule has 2 atom stereocenters. The zero-order chi connectivity index (χ0) is 26.8. The lowest BCUT2D eigenvalue weighted by molar-refractivity contribution is -0.385. The van der Waals surface area contributed by atoms with E-state index in [2.05, 4.69) is 15.8 Å². The van der Waals surface area contributed by atoms with Crippen molar-refractivity contribution in [1.29, 1.82) is 0 Å². The Hall–Kier alpha value is -3.37. The fraction of sp³-hybridized carbons (Fsp3) is 0.375. The first-order chi connectivity index (χ1) is 17.0. The first-order valence-corrected chi connectivity index (χ1v) is 11.9. The van der Waals surface area contributed by atoms with Gasteiger partial charge in [0.15, 0.2) is 11.9 Å². The number of halogens is 2. The zero-order valence-corrected chi connectivity index (χ0v) is 21.8. The van der Waals surface area contributed by atoms with E-state index in [1.165, 1.54) is 31.3 Å². The molecule has 0 heterocycles. The molecule has 0 aliphatic heterocycles. The fourth-order valence-corrected chi connectivity index (χ4v) is 3.54. The molecule has 0 bridgehead atoms. The molecule has 0 aromatic heterocycles. The third kappa shape index (κ3) is 8.69. The van der Waals surface area contributed by atoms with Crippen molar-refractivity contribution < 1.29 is 24.0 Å². The van der Waals surface area contributed by atoms with Gasteiger partial charge in [0.05, 0.1) is 22.8 Å². The van der Waals surface area contributed by atoms with Crippen molar-refractivity contribution in [2.45, 2.75) is 46.3 Å². The Bertz CT molecular complexity index is 1130. The standard InChI is InChI=1S/C24H28Cl2N4O6/c1-5-35-22-8-6-16(11-20(22)30(33)34)13-27-29-24(32)19(10-14(2)3)28-23(31)15(4)36-21-9-7-17(25)12-18(21)26/h6-9,11-15,19H,5,10H2,1-4H3,(H,28,31)(H,29,32)/b27-13-/t15-,19+/m1/s1. The van der Waals surface area contributed by atoms with E-state index in [9.17, 15) is 19.7 Å². The molecular weight excluding hydrogens is 511 g/mol. The third-order valence-electron chi connectivity index (χ3n) is 4.77. The van der Waals surface area contributed by atoms with Gasteiger partial charge in [0.25, 0.3) is 11.8 Å². The smallest absolute Gasteiger partial charge is 0.311 e. The van der Waals surface area contributed by atoms with Crippen LogP contribution >= 0.6 is 23.2 Å². The molecule has 36 heavy (non-hydrogen) atoms. The molecular formula is C24H28Cl2N4O6. The SMILES string of the molecule is CCOc1ccc(/C=N\NC(=O)[C@H](CC(C)C)NC(=O)[C@@H](C)Oc2ccc(Cl)cc2Cl)cc1[N+](=O)[O-]. The molecule has 12 heteroatoms. The van der Waals surface area contributed by atoms with Crippen LogP contribution in [0.2, 0.25) is 10.0 Å². The molecule has 0 spiro atoms. The molecule has 0 fully saturated rings. The van der Waals surface area contributed by atoms with E-state index < -0.39 is 28.9 Å². The number of hydrogen-bond acceptors (Lipinski definition) is 7. The summed E-state index contributed by atoms with van der Waals surface area (Å²) >= 11 is 12.0. The highest BCUT2D eigenvalue weighted by Crippen LogP contribution is 2.29. The van der Waals surface area contributed by atoms with Crippen LogP contribution in [0.5, 0.6) is 11.5 Å². The van der Waals surface area contributed by atoms with Gasteiger partial charge in [-0.1, -0.05) is 37.0 Å². The Labute approximate surface area is 219 Å². The highest BCUT2D eigenvalue weighted by Gasteiger charge is 2.25. The van der Waals surface area contributed by atoms with Gasteiger partial charge in [-0.15, -0.1) is 0 Å². The second-order valence-electron chi connectivity index (χ2n) is 8.18. The van der Waals surface area contributed by atoms with Crippen LogP contribution in [0.3, 0.4) is 0 Å². The van der Waals surface area contributed by atoms with Crippen LogP contribution in [0.25, 0.3) is 0 Å². The predicted octanol–water partition coefficient (Wildman–Crippen LogP) is 4.75. The molecule has 0 aliphatic carbocycles. The molecule has 0 saturated carbocycles. The number of amides is 2. The average Bonchev–Trinajstić information content (AvgIpc) is 2.80. The molecule has 0 unspecified atom stereocenters. The van der Waals surface area contributed by atoms with E-state index in [0.717, 1.165) is 0 Å². The second kappa shape index (κ2) is 13.6. The Morgan fingerprint density at radius 2 is 1.81 bits per heavy atom. The molecule has 2 aromatic rings. The fourth-order valence-electron chi connectivity index (χ4n) is 3.09. The number of hydrogen-bond donors (Lipinski definition) is 2. The summed E-state index contributed by atoms with van der Waals surface area (Å²) in [4.78, 5) is 36.2. The van der Waals surface area contributed by atoms with Gasteiger partial charge < -0.3 is 14.8 Å². The highest BCUT2D eigenvalue weighted by atomic mass is 35.5. The van der Waals surface area contributed by atoms with Crippen LogP contribution in [-0.4, -0.2) is 41.7 Å². The molecule has 0 aliphatic rings. The van der Waals surface area contributed by atoms with Crippen molar-refractivity contribution in [3.63, 3.8) is 0 Å². The van der Waals surface area contributed by atoms with Crippen LogP contribution in [0.4, 0.5) is 5.69 Å². The number of ether oxygens (including phenoxy) is 2. The minimum Gasteiger partial charge on any atom is -0.487 e. The van der Waals surface area contributed by atoms with Gasteiger partial charge in [-0.25, -0.2) is 5.43 Å². The van der Waals surface area contributed by atoms with Gasteiger partial charge in [0, 0.05) is 16.7 Å². The zero-order valence-electron chi connectivity index (χ0n) is 20.3. The Morgan fingerprint density at radius 1 is 1.11 bits per heavy atom. The molecule has 194 valence electrons. The number of carbonyl (C=O) groups excluding carboxylic acids is 2. The van der Waals surface area contributed by atoms with E-state index in [1.54, 1.807) is 25.1 Å². The van der Waals surface area contributed by atoms with Gasteiger partial charge >= 0.3 is 5.69 Å². The molecule has 0 saturated heterocycles. The summed E-state index contributed by atoms with van der Waals surface area (Å²) in [5.74, 6) is -0.568. The summed E-state index contributed by atoms with van der Waals surface area (Å²) in [6.07, 6.45) is 0.665. The first-order valence-electron chi connectivity index (χ1n) is 11.2. The maximum atomic E-state index is 12.7. The lowest BCUT2D eigenvalue weighted by atomic mass is 10.0. The third-order valence-corrected chi connectivity index (χ3v) is 5.31. The Balaban J connectivity index is 2.06. The number of benzene rings is 2. The summed E-state index contributed by atoms with van der Waals surface area (Å²) in [5, 5.41) is 18.5. The minimum atomic E-state index is -0.945. The van der Waals surface area contributed by atoms with Gasteiger partial charge in [-0.05, 0) is 56.5 Å². The number of nitro benzene ring substituents is 1. The van der Waals surface area contributed by atoms with Crippen LogP contribution in [0.15, 0.2) is 41.5 Å². The number of hydrazone groups is 1. The quantitative estimate of drug-likeness (QED) is 0.227. The Morgan fingerprint density at radius 3 is 2.42 bits per heavy atom. The van der Waals surface area contributed by atoms with E-state index in [4.69, 9.17) is 32.7 Å². The number of nitrogens with one attached hydrogen (secondary N) is 2. The summed E-state index contributed by atoms with van der Waals surface area (Å²) in [6.45, 7) is 7.34. The van der Waals surface area contributed by atoms with E-state index in [-0.39, 0.29) is 34.7 Å². The van der Waals surface area contributed by atoms with E-state index in [1.807, 2.05) is 13.8 Å². The van der Waals surface area contributed by atoms with Crippen LogP contribution in [0, 0.1) is 16.0 Å².